The lowest BCUT2D eigenvalue weighted by Crippen LogP contribution is -2.29. The minimum absolute atomic E-state index is 0.0283. The fraction of sp³-hybridized carbons (Fsp3) is 0.0952. The highest BCUT2D eigenvalue weighted by molar-refractivity contribution is 5.80. The highest BCUT2D eigenvalue weighted by atomic mass is 16.5. The third-order valence-electron chi connectivity index (χ3n) is 4.57. The topological polar surface area (TPSA) is 106 Å². The van der Waals surface area contributed by atoms with Crippen molar-refractivity contribution in [2.24, 2.45) is 0 Å². The lowest BCUT2D eigenvalue weighted by atomic mass is 10.1. The Morgan fingerprint density at radius 2 is 1.62 bits per heavy atom. The van der Waals surface area contributed by atoms with E-state index in [0.717, 1.165) is 0 Å². The highest BCUT2D eigenvalue weighted by Crippen LogP contribution is 2.32. The molecule has 0 aliphatic heterocycles. The fourth-order valence-corrected chi connectivity index (χ4v) is 3.09. The standard InChI is InChI=1S/C21H17N3O5/c1-28-13-5-3-12(4-6-13)24-19-16(20(26)23-21(24)27)9-10-17(22-19)15-8-7-14(29-2)11-18(15)25/h3-11,25H,1-2H3,(H,23,26,27). The van der Waals surface area contributed by atoms with Crippen molar-refractivity contribution in [2.45, 2.75) is 0 Å². The molecule has 8 heteroatoms. The van der Waals surface area contributed by atoms with Gasteiger partial charge >= 0.3 is 5.69 Å². The summed E-state index contributed by atoms with van der Waals surface area (Å²) in [6, 6.07) is 14.8. The number of rotatable bonds is 4. The molecular formula is C21H17N3O5. The van der Waals surface area contributed by atoms with Crippen molar-refractivity contribution in [3.05, 3.63) is 75.4 Å². The lowest BCUT2D eigenvalue weighted by Gasteiger charge is -2.11. The fourth-order valence-electron chi connectivity index (χ4n) is 3.09. The summed E-state index contributed by atoms with van der Waals surface area (Å²) in [4.78, 5) is 31.7. The number of aromatic hydroxyl groups is 1. The summed E-state index contributed by atoms with van der Waals surface area (Å²) in [6.45, 7) is 0. The molecule has 0 fully saturated rings. The molecular weight excluding hydrogens is 374 g/mol. The molecule has 0 saturated carbocycles. The number of fused-ring (bicyclic) bond motifs is 1. The van der Waals surface area contributed by atoms with Gasteiger partial charge in [-0.3, -0.25) is 9.78 Å². The second-order valence-corrected chi connectivity index (χ2v) is 6.24. The van der Waals surface area contributed by atoms with Gasteiger partial charge in [0.25, 0.3) is 5.56 Å². The molecule has 29 heavy (non-hydrogen) atoms. The van der Waals surface area contributed by atoms with Gasteiger partial charge in [-0.2, -0.15) is 0 Å². The maximum Gasteiger partial charge on any atom is 0.334 e. The van der Waals surface area contributed by atoms with Crippen LogP contribution in [0.1, 0.15) is 0 Å². The van der Waals surface area contributed by atoms with Crippen LogP contribution in [0.5, 0.6) is 17.2 Å². The van der Waals surface area contributed by atoms with E-state index in [2.05, 4.69) is 9.97 Å². The maximum absolute atomic E-state index is 12.6. The van der Waals surface area contributed by atoms with Crippen LogP contribution in [-0.2, 0) is 0 Å². The number of nitrogens with one attached hydrogen (secondary N) is 1. The molecule has 0 saturated heterocycles. The zero-order valence-corrected chi connectivity index (χ0v) is 15.7. The minimum Gasteiger partial charge on any atom is -0.507 e. The molecule has 0 aliphatic carbocycles. The number of hydrogen-bond acceptors (Lipinski definition) is 6. The molecule has 0 amide bonds. The Morgan fingerprint density at radius 3 is 2.28 bits per heavy atom. The van der Waals surface area contributed by atoms with Crippen molar-refractivity contribution < 1.29 is 14.6 Å². The predicted octanol–water partition coefficient (Wildman–Crippen LogP) is 2.46. The first-order valence-electron chi connectivity index (χ1n) is 8.69. The monoisotopic (exact) mass is 391 g/mol. The van der Waals surface area contributed by atoms with E-state index in [0.29, 0.717) is 28.4 Å². The third kappa shape index (κ3) is 3.20. The summed E-state index contributed by atoms with van der Waals surface area (Å²) in [6.07, 6.45) is 0. The van der Waals surface area contributed by atoms with E-state index in [1.54, 1.807) is 55.6 Å². The van der Waals surface area contributed by atoms with Gasteiger partial charge in [0.05, 0.1) is 31.0 Å². The first-order chi connectivity index (χ1) is 14.0. The molecule has 0 spiro atoms. The summed E-state index contributed by atoms with van der Waals surface area (Å²) in [5.41, 5.74) is 0.396. The molecule has 2 aromatic heterocycles. The molecule has 146 valence electrons. The van der Waals surface area contributed by atoms with Crippen LogP contribution in [0.2, 0.25) is 0 Å². The molecule has 8 nitrogen and oxygen atoms in total. The van der Waals surface area contributed by atoms with E-state index >= 15 is 0 Å². The van der Waals surface area contributed by atoms with Crippen LogP contribution < -0.4 is 20.7 Å². The zero-order valence-electron chi connectivity index (χ0n) is 15.7. The molecule has 4 aromatic rings. The first-order valence-corrected chi connectivity index (χ1v) is 8.69. The van der Waals surface area contributed by atoms with E-state index in [9.17, 15) is 14.7 Å². The smallest absolute Gasteiger partial charge is 0.334 e. The van der Waals surface area contributed by atoms with Crippen LogP contribution in [0.25, 0.3) is 28.0 Å². The quantitative estimate of drug-likeness (QED) is 0.554. The average molecular weight is 391 g/mol. The number of benzene rings is 2. The van der Waals surface area contributed by atoms with Gasteiger partial charge in [0.1, 0.15) is 17.2 Å². The van der Waals surface area contributed by atoms with Gasteiger partial charge in [-0.15, -0.1) is 0 Å². The molecule has 2 heterocycles. The second-order valence-electron chi connectivity index (χ2n) is 6.24. The summed E-state index contributed by atoms with van der Waals surface area (Å²) >= 11 is 0. The zero-order chi connectivity index (χ0) is 20.5. The summed E-state index contributed by atoms with van der Waals surface area (Å²) in [7, 11) is 3.05. The first kappa shape index (κ1) is 18.3. The predicted molar refractivity (Wildman–Crippen MR) is 108 cm³/mol. The molecule has 0 bridgehead atoms. The van der Waals surface area contributed by atoms with E-state index in [1.165, 1.54) is 17.7 Å². The Kier molecular flexibility index (Phi) is 4.52. The SMILES string of the molecule is COc1ccc(-n2c(=O)[nH]c(=O)c3ccc(-c4ccc(OC)cc4O)nc32)cc1. The Labute approximate surface area is 164 Å². The Balaban J connectivity index is 1.98. The summed E-state index contributed by atoms with van der Waals surface area (Å²) in [5.74, 6) is 1.10. The number of aromatic nitrogens is 3. The molecule has 0 radical (unpaired) electrons. The number of H-pyrrole nitrogens is 1. The van der Waals surface area contributed by atoms with Crippen LogP contribution in [0.3, 0.4) is 0 Å². The van der Waals surface area contributed by atoms with E-state index in [1.807, 2.05) is 0 Å². The van der Waals surface area contributed by atoms with Crippen LogP contribution in [0, 0.1) is 0 Å². The molecule has 0 atom stereocenters. The lowest BCUT2D eigenvalue weighted by molar-refractivity contribution is 0.408. The number of methoxy groups -OCH3 is 2. The Morgan fingerprint density at radius 1 is 0.931 bits per heavy atom. The number of hydrogen-bond donors (Lipinski definition) is 2. The maximum atomic E-state index is 12.6. The van der Waals surface area contributed by atoms with Crippen molar-refractivity contribution in [2.75, 3.05) is 14.2 Å². The number of ether oxygens (including phenoxy) is 2. The Hall–Kier alpha value is -4.07. The van der Waals surface area contributed by atoms with Gasteiger partial charge in [0, 0.05) is 11.6 Å². The minimum atomic E-state index is -0.615. The molecule has 0 aliphatic rings. The third-order valence-corrected chi connectivity index (χ3v) is 4.57. The van der Waals surface area contributed by atoms with Gasteiger partial charge < -0.3 is 14.6 Å². The Bertz CT molecular complexity index is 1320. The van der Waals surface area contributed by atoms with E-state index in [4.69, 9.17) is 9.47 Å². The molecule has 0 unspecified atom stereocenters. The van der Waals surface area contributed by atoms with Crippen molar-refractivity contribution >= 4 is 11.0 Å². The van der Waals surface area contributed by atoms with E-state index in [-0.39, 0.29) is 16.8 Å². The number of nitrogens with zero attached hydrogens (tertiary/aromatic N) is 2. The van der Waals surface area contributed by atoms with Crippen LogP contribution in [0.4, 0.5) is 0 Å². The summed E-state index contributed by atoms with van der Waals surface area (Å²) in [5, 5.41) is 10.6. The van der Waals surface area contributed by atoms with Gasteiger partial charge in [0.15, 0.2) is 5.65 Å². The second kappa shape index (κ2) is 7.16. The van der Waals surface area contributed by atoms with Crippen LogP contribution in [-0.4, -0.2) is 33.9 Å². The van der Waals surface area contributed by atoms with Crippen LogP contribution >= 0.6 is 0 Å². The van der Waals surface area contributed by atoms with Gasteiger partial charge in [0.2, 0.25) is 0 Å². The molecule has 4 rings (SSSR count). The average Bonchev–Trinajstić information content (AvgIpc) is 2.73. The largest absolute Gasteiger partial charge is 0.507 e. The number of phenols is 1. The van der Waals surface area contributed by atoms with Crippen molar-refractivity contribution in [1.82, 2.24) is 14.5 Å². The van der Waals surface area contributed by atoms with Crippen molar-refractivity contribution in [3.63, 3.8) is 0 Å². The van der Waals surface area contributed by atoms with Gasteiger partial charge in [-0.25, -0.2) is 14.3 Å². The summed E-state index contributed by atoms with van der Waals surface area (Å²) < 4.78 is 11.6. The highest BCUT2D eigenvalue weighted by Gasteiger charge is 2.14. The molecule has 2 N–H and O–H groups in total. The number of aromatic amines is 1. The van der Waals surface area contributed by atoms with Gasteiger partial charge in [-0.1, -0.05) is 0 Å². The van der Waals surface area contributed by atoms with Crippen molar-refractivity contribution in [3.8, 4) is 34.2 Å². The normalized spacial score (nSPS) is 10.8. The van der Waals surface area contributed by atoms with Crippen molar-refractivity contribution in [1.29, 1.82) is 0 Å². The van der Waals surface area contributed by atoms with Gasteiger partial charge in [-0.05, 0) is 48.5 Å². The number of phenolic OH excluding ortho intramolecular Hbond substituents is 1. The molecule has 2 aromatic carbocycles. The van der Waals surface area contributed by atoms with E-state index < -0.39 is 11.2 Å². The van der Waals surface area contributed by atoms with Crippen LogP contribution in [0.15, 0.2) is 64.2 Å². The number of pyridine rings is 1.